The molecule has 0 aromatic heterocycles. The van der Waals surface area contributed by atoms with E-state index in [0.29, 0.717) is 0 Å². The van der Waals surface area contributed by atoms with Crippen LogP contribution in [0, 0.1) is 0 Å². The number of carbonyl (C=O) groups excluding carboxylic acids is 1. The summed E-state index contributed by atoms with van der Waals surface area (Å²) in [5.41, 5.74) is 4.13. The van der Waals surface area contributed by atoms with E-state index < -0.39 is 11.7 Å². The minimum Gasteiger partial charge on any atom is -0.443 e. The Kier molecular flexibility index (Phi) is 6.22. The highest BCUT2D eigenvalue weighted by Crippen LogP contribution is 2.07. The molecule has 1 aromatic rings. The van der Waals surface area contributed by atoms with Gasteiger partial charge in [0.05, 0.1) is 0 Å². The van der Waals surface area contributed by atoms with Gasteiger partial charge < -0.3 is 4.74 Å². The van der Waals surface area contributed by atoms with Gasteiger partial charge in [-0.15, -0.1) is 0 Å². The molecule has 0 unspecified atom stereocenters. The lowest BCUT2D eigenvalue weighted by Gasteiger charge is -2.18. The third kappa shape index (κ3) is 7.56. The van der Waals surface area contributed by atoms with Crippen molar-refractivity contribution in [2.24, 2.45) is 5.10 Å². The van der Waals surface area contributed by atoms with Gasteiger partial charge >= 0.3 is 6.09 Å². The SMILES string of the molecule is CC(CCCc1ccccc1)=NNC(=O)OC(C)(C)C. The lowest BCUT2D eigenvalue weighted by atomic mass is 10.1. The van der Waals surface area contributed by atoms with Gasteiger partial charge in [-0.2, -0.15) is 5.10 Å². The highest BCUT2D eigenvalue weighted by molar-refractivity contribution is 5.83. The first-order valence-electron chi connectivity index (χ1n) is 6.93. The Balaban J connectivity index is 2.27. The first-order valence-corrected chi connectivity index (χ1v) is 6.93. The maximum Gasteiger partial charge on any atom is 0.428 e. The van der Waals surface area contributed by atoms with Gasteiger partial charge in [0.25, 0.3) is 0 Å². The Hall–Kier alpha value is -1.84. The van der Waals surface area contributed by atoms with Gasteiger partial charge in [-0.05, 0) is 52.5 Å². The maximum atomic E-state index is 11.4. The molecule has 0 fully saturated rings. The minimum atomic E-state index is -0.514. The van der Waals surface area contributed by atoms with E-state index in [4.69, 9.17) is 4.74 Å². The summed E-state index contributed by atoms with van der Waals surface area (Å²) in [5, 5.41) is 4.03. The Morgan fingerprint density at radius 3 is 2.50 bits per heavy atom. The monoisotopic (exact) mass is 276 g/mol. The van der Waals surface area contributed by atoms with Gasteiger partial charge in [0.2, 0.25) is 0 Å². The summed E-state index contributed by atoms with van der Waals surface area (Å²) in [6.07, 6.45) is 2.36. The number of hydrogen-bond donors (Lipinski definition) is 1. The van der Waals surface area contributed by atoms with Crippen molar-refractivity contribution < 1.29 is 9.53 Å². The highest BCUT2D eigenvalue weighted by atomic mass is 16.6. The van der Waals surface area contributed by atoms with Crippen molar-refractivity contribution in [3.05, 3.63) is 35.9 Å². The third-order valence-electron chi connectivity index (χ3n) is 2.58. The topological polar surface area (TPSA) is 50.7 Å². The number of hydrogen-bond acceptors (Lipinski definition) is 3. The average Bonchev–Trinajstić information content (AvgIpc) is 2.36. The molecule has 4 heteroatoms. The molecule has 0 heterocycles. The van der Waals surface area contributed by atoms with E-state index >= 15 is 0 Å². The molecule has 1 amide bonds. The number of benzene rings is 1. The number of nitrogens with zero attached hydrogens (tertiary/aromatic N) is 1. The number of carbonyl (C=O) groups is 1. The lowest BCUT2D eigenvalue weighted by Crippen LogP contribution is -2.30. The molecule has 0 aliphatic carbocycles. The molecule has 0 atom stereocenters. The largest absolute Gasteiger partial charge is 0.443 e. The summed E-state index contributed by atoms with van der Waals surface area (Å²) < 4.78 is 5.10. The first-order chi connectivity index (χ1) is 9.37. The van der Waals surface area contributed by atoms with Gasteiger partial charge in [-0.3, -0.25) is 0 Å². The van der Waals surface area contributed by atoms with Gasteiger partial charge in [0, 0.05) is 5.71 Å². The Labute approximate surface area is 121 Å². The second-order valence-corrected chi connectivity index (χ2v) is 5.80. The van der Waals surface area contributed by atoms with Crippen molar-refractivity contribution >= 4 is 11.8 Å². The van der Waals surface area contributed by atoms with E-state index in [1.54, 1.807) is 0 Å². The standard InChI is InChI=1S/C16H24N2O2/c1-13(17-18-15(19)20-16(2,3)4)9-8-12-14-10-6-5-7-11-14/h5-7,10-11H,8-9,12H2,1-4H3,(H,18,19). The van der Waals surface area contributed by atoms with E-state index in [0.717, 1.165) is 25.0 Å². The van der Waals surface area contributed by atoms with Crippen LogP contribution in [0.1, 0.15) is 46.1 Å². The molecule has 0 bridgehead atoms. The van der Waals surface area contributed by atoms with Gasteiger partial charge in [0.15, 0.2) is 0 Å². The zero-order valence-corrected chi connectivity index (χ0v) is 12.8. The van der Waals surface area contributed by atoms with E-state index in [9.17, 15) is 4.79 Å². The molecule has 4 nitrogen and oxygen atoms in total. The van der Waals surface area contributed by atoms with Crippen LogP contribution in [-0.2, 0) is 11.2 Å². The van der Waals surface area contributed by atoms with E-state index in [1.165, 1.54) is 5.56 Å². The van der Waals surface area contributed by atoms with Crippen LogP contribution in [0.5, 0.6) is 0 Å². The zero-order chi connectivity index (χ0) is 15.0. The molecular weight excluding hydrogens is 252 g/mol. The minimum absolute atomic E-state index is 0.499. The second kappa shape index (κ2) is 7.68. The van der Waals surface area contributed by atoms with E-state index in [1.807, 2.05) is 45.9 Å². The Morgan fingerprint density at radius 2 is 1.90 bits per heavy atom. The molecule has 110 valence electrons. The van der Waals surface area contributed by atoms with Gasteiger partial charge in [-0.1, -0.05) is 30.3 Å². The van der Waals surface area contributed by atoms with Crippen molar-refractivity contribution in [3.63, 3.8) is 0 Å². The molecule has 1 rings (SSSR count). The quantitative estimate of drug-likeness (QED) is 0.654. The summed E-state index contributed by atoms with van der Waals surface area (Å²) in [7, 11) is 0. The van der Waals surface area contributed by atoms with Crippen LogP contribution in [0.3, 0.4) is 0 Å². The number of nitrogens with one attached hydrogen (secondary N) is 1. The zero-order valence-electron chi connectivity index (χ0n) is 12.8. The summed E-state index contributed by atoms with van der Waals surface area (Å²) in [4.78, 5) is 11.4. The highest BCUT2D eigenvalue weighted by Gasteiger charge is 2.15. The summed E-state index contributed by atoms with van der Waals surface area (Å²) in [6.45, 7) is 7.37. The molecule has 0 radical (unpaired) electrons. The number of aryl methyl sites for hydroxylation is 1. The maximum absolute atomic E-state index is 11.4. The Morgan fingerprint density at radius 1 is 1.25 bits per heavy atom. The van der Waals surface area contributed by atoms with Crippen molar-refractivity contribution in [3.8, 4) is 0 Å². The van der Waals surface area contributed by atoms with Crippen molar-refractivity contribution in [1.29, 1.82) is 0 Å². The van der Waals surface area contributed by atoms with Crippen LogP contribution in [0.15, 0.2) is 35.4 Å². The van der Waals surface area contributed by atoms with Crippen LogP contribution in [-0.4, -0.2) is 17.4 Å². The van der Waals surface area contributed by atoms with Crippen molar-refractivity contribution in [1.82, 2.24) is 5.43 Å². The van der Waals surface area contributed by atoms with Gasteiger partial charge in [0.1, 0.15) is 5.60 Å². The van der Waals surface area contributed by atoms with E-state index in [-0.39, 0.29) is 0 Å². The van der Waals surface area contributed by atoms with Crippen LogP contribution in [0.4, 0.5) is 4.79 Å². The number of hydrazone groups is 1. The average molecular weight is 276 g/mol. The number of rotatable bonds is 5. The lowest BCUT2D eigenvalue weighted by molar-refractivity contribution is 0.0529. The third-order valence-corrected chi connectivity index (χ3v) is 2.58. The second-order valence-electron chi connectivity index (χ2n) is 5.80. The molecule has 0 aliphatic heterocycles. The van der Waals surface area contributed by atoms with Crippen LogP contribution in [0.2, 0.25) is 0 Å². The van der Waals surface area contributed by atoms with Crippen molar-refractivity contribution in [2.75, 3.05) is 0 Å². The Bertz CT molecular complexity index is 447. The smallest absolute Gasteiger partial charge is 0.428 e. The van der Waals surface area contributed by atoms with Gasteiger partial charge in [-0.25, -0.2) is 10.2 Å². The first kappa shape index (κ1) is 16.2. The van der Waals surface area contributed by atoms with Crippen LogP contribution < -0.4 is 5.43 Å². The fourth-order valence-electron chi connectivity index (χ4n) is 1.69. The number of amides is 1. The number of ether oxygens (including phenoxy) is 1. The normalized spacial score (nSPS) is 12.1. The summed E-state index contributed by atoms with van der Waals surface area (Å²) in [5.74, 6) is 0. The summed E-state index contributed by atoms with van der Waals surface area (Å²) >= 11 is 0. The van der Waals surface area contributed by atoms with Crippen LogP contribution >= 0.6 is 0 Å². The molecule has 0 aliphatic rings. The molecule has 20 heavy (non-hydrogen) atoms. The van der Waals surface area contributed by atoms with Crippen LogP contribution in [0.25, 0.3) is 0 Å². The molecule has 0 saturated carbocycles. The fraction of sp³-hybridized carbons (Fsp3) is 0.500. The molecule has 0 saturated heterocycles. The fourth-order valence-corrected chi connectivity index (χ4v) is 1.69. The van der Waals surface area contributed by atoms with E-state index in [2.05, 4.69) is 22.7 Å². The predicted octanol–water partition coefficient (Wildman–Crippen LogP) is 3.91. The molecular formula is C16H24N2O2. The van der Waals surface area contributed by atoms with Crippen molar-refractivity contribution in [2.45, 2.75) is 52.6 Å². The summed E-state index contributed by atoms with van der Waals surface area (Å²) in [6, 6.07) is 10.3. The molecule has 1 N–H and O–H groups in total. The molecule has 0 spiro atoms. The predicted molar refractivity (Wildman–Crippen MR) is 81.9 cm³/mol. The molecule has 1 aromatic carbocycles.